The summed E-state index contributed by atoms with van der Waals surface area (Å²) in [5, 5.41) is 2.82. The number of nitrogens with one attached hydrogen (secondary N) is 1. The molecule has 6 heteroatoms. The van der Waals surface area contributed by atoms with E-state index in [1.54, 1.807) is 30.3 Å². The maximum atomic E-state index is 12.0. The number of unbranched alkanes of at least 4 members (excludes halogenated alkanes) is 1. The Hall–Kier alpha value is -1.56. The molecule has 0 heterocycles. The third kappa shape index (κ3) is 5.74. The number of hydrogen-bond donors (Lipinski definition) is 2. The summed E-state index contributed by atoms with van der Waals surface area (Å²) in [6, 6.07) is 8.39. The molecule has 1 aromatic rings. The van der Waals surface area contributed by atoms with Gasteiger partial charge in [-0.1, -0.05) is 31.5 Å². The zero-order valence-corrected chi connectivity index (χ0v) is 12.0. The maximum Gasteiger partial charge on any atom is 0.188 e. The first-order valence-electron chi connectivity index (χ1n) is 6.38. The number of nitrogens with two attached hydrogens (primary N) is 1. The van der Waals surface area contributed by atoms with Crippen molar-refractivity contribution in [3.05, 3.63) is 30.3 Å². The molecule has 1 rings (SSSR count). The molecule has 0 radical (unpaired) electrons. The van der Waals surface area contributed by atoms with Gasteiger partial charge in [-0.3, -0.25) is 4.99 Å². The summed E-state index contributed by atoms with van der Waals surface area (Å²) in [6.45, 7) is 3.00. The molecule has 3 N–H and O–H groups in total. The van der Waals surface area contributed by atoms with E-state index in [-0.39, 0.29) is 12.3 Å². The minimum absolute atomic E-state index is 0.00100. The van der Waals surface area contributed by atoms with Crippen molar-refractivity contribution >= 4 is 15.8 Å². The molecule has 0 bridgehead atoms. The van der Waals surface area contributed by atoms with E-state index in [1.165, 1.54) is 0 Å². The maximum absolute atomic E-state index is 12.0. The molecule has 0 spiro atoms. The van der Waals surface area contributed by atoms with E-state index in [9.17, 15) is 8.42 Å². The average molecular weight is 283 g/mol. The van der Waals surface area contributed by atoms with Crippen LogP contribution in [-0.4, -0.2) is 33.2 Å². The van der Waals surface area contributed by atoms with Crippen LogP contribution in [0.2, 0.25) is 0 Å². The smallest absolute Gasteiger partial charge is 0.188 e. The number of sulfone groups is 1. The number of aliphatic imine (C=N–C) groups is 1. The fourth-order valence-electron chi connectivity index (χ4n) is 1.47. The zero-order chi connectivity index (χ0) is 14.1. The first-order valence-corrected chi connectivity index (χ1v) is 8.03. The van der Waals surface area contributed by atoms with Crippen LogP contribution in [0.4, 0.5) is 0 Å². The highest BCUT2D eigenvalue weighted by atomic mass is 32.2. The van der Waals surface area contributed by atoms with Gasteiger partial charge in [0.2, 0.25) is 0 Å². The molecule has 0 fully saturated rings. The number of nitrogens with zero attached hydrogens (tertiary/aromatic N) is 1. The number of hydrogen-bond acceptors (Lipinski definition) is 3. The topological polar surface area (TPSA) is 84.5 Å². The van der Waals surface area contributed by atoms with Crippen molar-refractivity contribution in [2.45, 2.75) is 24.7 Å². The summed E-state index contributed by atoms with van der Waals surface area (Å²) >= 11 is 0. The van der Waals surface area contributed by atoms with Gasteiger partial charge in [-0.05, 0) is 18.6 Å². The van der Waals surface area contributed by atoms with Gasteiger partial charge in [0.25, 0.3) is 0 Å². The third-order valence-corrected chi connectivity index (χ3v) is 4.31. The highest BCUT2D eigenvalue weighted by Crippen LogP contribution is 2.08. The fourth-order valence-corrected chi connectivity index (χ4v) is 2.65. The van der Waals surface area contributed by atoms with E-state index in [0.29, 0.717) is 17.4 Å². The second-order valence-electron chi connectivity index (χ2n) is 4.18. The minimum Gasteiger partial charge on any atom is -0.370 e. The van der Waals surface area contributed by atoms with Crippen LogP contribution in [0.25, 0.3) is 0 Å². The quantitative estimate of drug-likeness (QED) is 0.447. The molecule has 1 aromatic carbocycles. The normalized spacial score (nSPS) is 12.4. The lowest BCUT2D eigenvalue weighted by atomic mass is 10.3. The Labute approximate surface area is 114 Å². The molecule has 0 aliphatic carbocycles. The number of benzene rings is 1. The van der Waals surface area contributed by atoms with E-state index in [2.05, 4.69) is 17.2 Å². The predicted octanol–water partition coefficient (Wildman–Crippen LogP) is 1.16. The lowest BCUT2D eigenvalue weighted by molar-refractivity contribution is 0.594. The average Bonchev–Trinajstić information content (AvgIpc) is 2.40. The Bertz CT molecular complexity index is 498. The molecule has 5 nitrogen and oxygen atoms in total. The van der Waals surface area contributed by atoms with Crippen LogP contribution in [0, 0.1) is 0 Å². The van der Waals surface area contributed by atoms with Crippen LogP contribution in [0.1, 0.15) is 19.8 Å². The highest BCUT2D eigenvalue weighted by Gasteiger charge is 2.12. The van der Waals surface area contributed by atoms with Crippen molar-refractivity contribution in [1.29, 1.82) is 0 Å². The molecule has 0 aliphatic heterocycles. The molecule has 0 aromatic heterocycles. The first kappa shape index (κ1) is 15.5. The standard InChI is InChI=1S/C13H21N3O2S/c1-2-3-9-15-13(14)16-10-11-19(17,18)12-7-5-4-6-8-12/h4-8H,2-3,9-11H2,1H3,(H3,14,15,16). The van der Waals surface area contributed by atoms with Gasteiger partial charge < -0.3 is 11.1 Å². The summed E-state index contributed by atoms with van der Waals surface area (Å²) in [7, 11) is -3.25. The van der Waals surface area contributed by atoms with Crippen LogP contribution in [-0.2, 0) is 9.84 Å². The Morgan fingerprint density at radius 1 is 1.32 bits per heavy atom. The molecule has 0 atom stereocenters. The second-order valence-corrected chi connectivity index (χ2v) is 6.29. The van der Waals surface area contributed by atoms with Gasteiger partial charge in [0, 0.05) is 13.1 Å². The SMILES string of the molecule is CCCCN=C(N)NCCS(=O)(=O)c1ccccc1. The molecular formula is C13H21N3O2S. The Kier molecular flexibility index (Phi) is 6.35. The van der Waals surface area contributed by atoms with Crippen molar-refractivity contribution in [2.75, 3.05) is 18.8 Å². The van der Waals surface area contributed by atoms with Crippen LogP contribution < -0.4 is 11.1 Å². The predicted molar refractivity (Wildman–Crippen MR) is 77.9 cm³/mol. The van der Waals surface area contributed by atoms with E-state index in [0.717, 1.165) is 12.8 Å². The minimum atomic E-state index is -3.25. The van der Waals surface area contributed by atoms with Gasteiger partial charge in [0.15, 0.2) is 15.8 Å². The highest BCUT2D eigenvalue weighted by molar-refractivity contribution is 7.91. The largest absolute Gasteiger partial charge is 0.370 e. The Morgan fingerprint density at radius 3 is 2.63 bits per heavy atom. The van der Waals surface area contributed by atoms with Crippen molar-refractivity contribution in [1.82, 2.24) is 5.32 Å². The van der Waals surface area contributed by atoms with Crippen LogP contribution >= 0.6 is 0 Å². The van der Waals surface area contributed by atoms with Gasteiger partial charge in [0.05, 0.1) is 10.6 Å². The van der Waals surface area contributed by atoms with Crippen LogP contribution in [0.15, 0.2) is 40.2 Å². The van der Waals surface area contributed by atoms with Crippen molar-refractivity contribution in [3.8, 4) is 0 Å². The van der Waals surface area contributed by atoms with Gasteiger partial charge in [-0.15, -0.1) is 0 Å². The monoisotopic (exact) mass is 283 g/mol. The molecule has 0 amide bonds. The molecular weight excluding hydrogens is 262 g/mol. The second kappa shape index (κ2) is 7.78. The Morgan fingerprint density at radius 2 is 2.00 bits per heavy atom. The molecule has 19 heavy (non-hydrogen) atoms. The summed E-state index contributed by atoms with van der Waals surface area (Å²) in [4.78, 5) is 4.43. The molecule has 0 saturated carbocycles. The Balaban J connectivity index is 2.43. The van der Waals surface area contributed by atoms with Crippen LogP contribution in [0.5, 0.6) is 0 Å². The van der Waals surface area contributed by atoms with Gasteiger partial charge in [0.1, 0.15) is 0 Å². The van der Waals surface area contributed by atoms with E-state index in [4.69, 9.17) is 5.73 Å². The first-order chi connectivity index (χ1) is 9.06. The summed E-state index contributed by atoms with van der Waals surface area (Å²) in [5.41, 5.74) is 5.63. The van der Waals surface area contributed by atoms with Gasteiger partial charge in [-0.25, -0.2) is 8.42 Å². The van der Waals surface area contributed by atoms with E-state index in [1.807, 2.05) is 0 Å². The van der Waals surface area contributed by atoms with Gasteiger partial charge in [-0.2, -0.15) is 0 Å². The summed E-state index contributed by atoms with van der Waals surface area (Å²) in [5.74, 6) is 0.304. The molecule has 0 saturated heterocycles. The van der Waals surface area contributed by atoms with Gasteiger partial charge >= 0.3 is 0 Å². The lowest BCUT2D eigenvalue weighted by Gasteiger charge is -2.06. The third-order valence-electron chi connectivity index (χ3n) is 2.57. The number of rotatable bonds is 7. The fraction of sp³-hybridized carbons (Fsp3) is 0.462. The molecule has 106 valence electrons. The lowest BCUT2D eigenvalue weighted by Crippen LogP contribution is -2.35. The van der Waals surface area contributed by atoms with E-state index < -0.39 is 9.84 Å². The van der Waals surface area contributed by atoms with Crippen molar-refractivity contribution < 1.29 is 8.42 Å². The summed E-state index contributed by atoms with van der Waals surface area (Å²) < 4.78 is 23.9. The molecule has 0 aliphatic rings. The molecule has 0 unspecified atom stereocenters. The van der Waals surface area contributed by atoms with E-state index >= 15 is 0 Å². The number of guanidine groups is 1. The zero-order valence-electron chi connectivity index (χ0n) is 11.2. The summed E-state index contributed by atoms with van der Waals surface area (Å²) in [6.07, 6.45) is 2.03. The van der Waals surface area contributed by atoms with Crippen molar-refractivity contribution in [2.24, 2.45) is 10.7 Å². The van der Waals surface area contributed by atoms with Crippen molar-refractivity contribution in [3.63, 3.8) is 0 Å². The van der Waals surface area contributed by atoms with Crippen LogP contribution in [0.3, 0.4) is 0 Å².